The van der Waals surface area contributed by atoms with Crippen LogP contribution in [0.1, 0.15) is 18.4 Å². The standard InChI is InChI=1S/C20H27N3O4/c1-21(2)18(24)12-23-17-9-8-16(20(23)26)10-22(11-17)19(25)14-27-13-15-6-4-3-5-7-15/h3-7,16-17H,8-14H2,1-2H3/t16-,17+/m0/s1. The molecule has 0 spiro atoms. The zero-order valence-electron chi connectivity index (χ0n) is 16.0. The van der Waals surface area contributed by atoms with Crippen LogP contribution in [0.25, 0.3) is 0 Å². The first-order valence-electron chi connectivity index (χ1n) is 9.35. The van der Waals surface area contributed by atoms with E-state index in [2.05, 4.69) is 0 Å². The van der Waals surface area contributed by atoms with Gasteiger partial charge in [0, 0.05) is 33.2 Å². The topological polar surface area (TPSA) is 70.2 Å². The molecule has 0 saturated carbocycles. The molecule has 7 heteroatoms. The first-order chi connectivity index (χ1) is 13.0. The summed E-state index contributed by atoms with van der Waals surface area (Å²) in [5, 5.41) is 0. The van der Waals surface area contributed by atoms with Gasteiger partial charge in [0.15, 0.2) is 0 Å². The Morgan fingerprint density at radius 1 is 1.15 bits per heavy atom. The summed E-state index contributed by atoms with van der Waals surface area (Å²) in [5.74, 6) is -0.435. The number of amides is 3. The molecule has 3 aliphatic heterocycles. The van der Waals surface area contributed by atoms with Gasteiger partial charge in [-0.15, -0.1) is 0 Å². The summed E-state index contributed by atoms with van der Waals surface area (Å²) in [6.45, 7) is 1.35. The maximum absolute atomic E-state index is 12.7. The highest BCUT2D eigenvalue weighted by Crippen LogP contribution is 2.29. The van der Waals surface area contributed by atoms with E-state index in [9.17, 15) is 14.4 Å². The third kappa shape index (κ3) is 4.66. The molecule has 0 aliphatic carbocycles. The van der Waals surface area contributed by atoms with Crippen LogP contribution >= 0.6 is 0 Å². The molecule has 146 valence electrons. The highest BCUT2D eigenvalue weighted by atomic mass is 16.5. The Morgan fingerprint density at radius 3 is 2.59 bits per heavy atom. The molecule has 2 bridgehead atoms. The number of carbonyl (C=O) groups is 3. The van der Waals surface area contributed by atoms with Gasteiger partial charge in [0.05, 0.1) is 12.5 Å². The fraction of sp³-hybridized carbons (Fsp3) is 0.550. The molecule has 27 heavy (non-hydrogen) atoms. The largest absolute Gasteiger partial charge is 0.367 e. The lowest BCUT2D eigenvalue weighted by molar-refractivity contribution is -0.145. The van der Waals surface area contributed by atoms with Crippen LogP contribution in [-0.2, 0) is 25.7 Å². The maximum Gasteiger partial charge on any atom is 0.248 e. The first kappa shape index (κ1) is 19.4. The molecule has 1 aromatic rings. The molecule has 2 atom stereocenters. The van der Waals surface area contributed by atoms with Crippen LogP contribution in [0.2, 0.25) is 0 Å². The second-order valence-corrected chi connectivity index (χ2v) is 7.46. The fourth-order valence-electron chi connectivity index (χ4n) is 3.66. The predicted octanol–water partition coefficient (Wildman–Crippen LogP) is 0.741. The number of likely N-dealkylation sites (N-methyl/N-ethyl adjacent to an activating group) is 1. The second kappa shape index (κ2) is 8.52. The number of piperidine rings is 1. The van der Waals surface area contributed by atoms with Crippen molar-refractivity contribution in [3.8, 4) is 0 Å². The van der Waals surface area contributed by atoms with Crippen molar-refractivity contribution in [1.29, 1.82) is 0 Å². The minimum atomic E-state index is -0.225. The predicted molar refractivity (Wildman–Crippen MR) is 99.6 cm³/mol. The molecule has 0 aromatic heterocycles. The average molecular weight is 373 g/mol. The molecule has 7 nitrogen and oxygen atoms in total. The molecular formula is C20H27N3O4. The van der Waals surface area contributed by atoms with Crippen molar-refractivity contribution in [1.82, 2.24) is 14.7 Å². The van der Waals surface area contributed by atoms with Gasteiger partial charge in [-0.25, -0.2) is 0 Å². The van der Waals surface area contributed by atoms with Gasteiger partial charge in [-0.1, -0.05) is 30.3 Å². The van der Waals surface area contributed by atoms with E-state index in [1.807, 2.05) is 30.3 Å². The lowest BCUT2D eigenvalue weighted by Gasteiger charge is -2.35. The van der Waals surface area contributed by atoms with Crippen LogP contribution < -0.4 is 0 Å². The Kier molecular flexibility index (Phi) is 6.11. The zero-order chi connectivity index (χ0) is 19.4. The van der Waals surface area contributed by atoms with Crippen molar-refractivity contribution in [2.24, 2.45) is 5.92 Å². The summed E-state index contributed by atoms with van der Waals surface area (Å²) >= 11 is 0. The summed E-state index contributed by atoms with van der Waals surface area (Å²) in [7, 11) is 3.37. The number of hydrogen-bond donors (Lipinski definition) is 0. The van der Waals surface area contributed by atoms with E-state index in [-0.39, 0.29) is 42.8 Å². The van der Waals surface area contributed by atoms with E-state index in [1.54, 1.807) is 23.9 Å². The molecular weight excluding hydrogens is 346 g/mol. The van der Waals surface area contributed by atoms with E-state index < -0.39 is 0 Å². The normalized spacial score (nSPS) is 21.9. The van der Waals surface area contributed by atoms with Crippen molar-refractivity contribution in [2.75, 3.05) is 40.3 Å². The Labute approximate surface area is 159 Å². The lowest BCUT2D eigenvalue weighted by Crippen LogP contribution is -2.51. The molecule has 1 aromatic carbocycles. The molecule has 3 saturated heterocycles. The van der Waals surface area contributed by atoms with Crippen molar-refractivity contribution in [2.45, 2.75) is 25.5 Å². The van der Waals surface area contributed by atoms with Gasteiger partial charge in [0.2, 0.25) is 17.7 Å². The van der Waals surface area contributed by atoms with E-state index in [4.69, 9.17) is 4.74 Å². The fourth-order valence-corrected chi connectivity index (χ4v) is 3.66. The number of fused-ring (bicyclic) bond motifs is 4. The average Bonchev–Trinajstić information content (AvgIpc) is 2.95. The van der Waals surface area contributed by atoms with Crippen molar-refractivity contribution < 1.29 is 19.1 Å². The zero-order valence-corrected chi connectivity index (χ0v) is 16.0. The third-order valence-electron chi connectivity index (χ3n) is 5.29. The van der Waals surface area contributed by atoms with Gasteiger partial charge in [0.1, 0.15) is 13.2 Å². The maximum atomic E-state index is 12.7. The van der Waals surface area contributed by atoms with Gasteiger partial charge in [0.25, 0.3) is 0 Å². The molecule has 0 N–H and O–H groups in total. The minimum Gasteiger partial charge on any atom is -0.367 e. The first-order valence-corrected chi connectivity index (χ1v) is 9.35. The van der Waals surface area contributed by atoms with Crippen LogP contribution in [0, 0.1) is 5.92 Å². The number of hydrogen-bond acceptors (Lipinski definition) is 4. The molecule has 3 fully saturated rings. The molecule has 3 heterocycles. The molecule has 0 unspecified atom stereocenters. The van der Waals surface area contributed by atoms with Gasteiger partial charge in [-0.2, -0.15) is 0 Å². The van der Waals surface area contributed by atoms with Crippen LogP contribution in [0.15, 0.2) is 30.3 Å². The quantitative estimate of drug-likeness (QED) is 0.738. The van der Waals surface area contributed by atoms with E-state index >= 15 is 0 Å². The highest BCUT2D eigenvalue weighted by molar-refractivity contribution is 5.88. The van der Waals surface area contributed by atoms with Gasteiger partial charge in [-0.05, 0) is 18.4 Å². The minimum absolute atomic E-state index is 0.000840. The van der Waals surface area contributed by atoms with Gasteiger partial charge < -0.3 is 19.4 Å². The molecule has 4 rings (SSSR count). The summed E-state index contributed by atoms with van der Waals surface area (Å²) < 4.78 is 5.57. The SMILES string of the molecule is CN(C)C(=O)CN1C(=O)[C@H]2CC[C@@H]1CN(C(=O)COCc1ccccc1)C2. The monoisotopic (exact) mass is 373 g/mol. The number of carbonyl (C=O) groups excluding carboxylic acids is 3. The van der Waals surface area contributed by atoms with Crippen molar-refractivity contribution in [3.63, 3.8) is 0 Å². The smallest absolute Gasteiger partial charge is 0.248 e. The summed E-state index contributed by atoms with van der Waals surface area (Å²) in [6.07, 6.45) is 1.59. The second-order valence-electron chi connectivity index (χ2n) is 7.46. The number of rotatable bonds is 6. The Hall–Kier alpha value is -2.41. The lowest BCUT2D eigenvalue weighted by atomic mass is 9.94. The van der Waals surface area contributed by atoms with Crippen molar-refractivity contribution >= 4 is 17.7 Å². The summed E-state index contributed by atoms with van der Waals surface area (Å²) in [5.41, 5.74) is 1.02. The van der Waals surface area contributed by atoms with Gasteiger partial charge in [-0.3, -0.25) is 14.4 Å². The van der Waals surface area contributed by atoms with E-state index in [0.717, 1.165) is 18.4 Å². The van der Waals surface area contributed by atoms with Gasteiger partial charge >= 0.3 is 0 Å². The Morgan fingerprint density at radius 2 is 1.89 bits per heavy atom. The third-order valence-corrected chi connectivity index (χ3v) is 5.29. The molecule has 0 radical (unpaired) electrons. The van der Waals surface area contributed by atoms with Crippen LogP contribution in [0.5, 0.6) is 0 Å². The van der Waals surface area contributed by atoms with Crippen molar-refractivity contribution in [3.05, 3.63) is 35.9 Å². The van der Waals surface area contributed by atoms with Crippen LogP contribution in [0.4, 0.5) is 0 Å². The number of nitrogens with zero attached hydrogens (tertiary/aromatic N) is 3. The van der Waals surface area contributed by atoms with Crippen LogP contribution in [-0.4, -0.2) is 78.8 Å². The molecule has 3 aliphatic rings. The number of ether oxygens (including phenoxy) is 1. The Bertz CT molecular complexity index is 692. The highest BCUT2D eigenvalue weighted by Gasteiger charge is 2.42. The molecule has 3 amide bonds. The van der Waals surface area contributed by atoms with Crippen LogP contribution in [0.3, 0.4) is 0 Å². The summed E-state index contributed by atoms with van der Waals surface area (Å²) in [6, 6.07) is 9.61. The Balaban J connectivity index is 1.57. The number of benzene rings is 1. The summed E-state index contributed by atoms with van der Waals surface area (Å²) in [4.78, 5) is 42.3. The van der Waals surface area contributed by atoms with E-state index in [1.165, 1.54) is 4.90 Å². The van der Waals surface area contributed by atoms with E-state index in [0.29, 0.717) is 19.7 Å².